The maximum absolute atomic E-state index is 12.7. The zero-order valence-electron chi connectivity index (χ0n) is 18.4. The van der Waals surface area contributed by atoms with Gasteiger partial charge in [0.1, 0.15) is 5.82 Å². The van der Waals surface area contributed by atoms with Crippen LogP contribution in [0.25, 0.3) is 10.9 Å². The molecule has 2 aromatic carbocycles. The van der Waals surface area contributed by atoms with Gasteiger partial charge >= 0.3 is 5.97 Å². The summed E-state index contributed by atoms with van der Waals surface area (Å²) < 4.78 is 6.58. The molecule has 170 valence electrons. The van der Waals surface area contributed by atoms with E-state index in [9.17, 15) is 14.4 Å². The Labute approximate surface area is 196 Å². The quantitative estimate of drug-likeness (QED) is 0.471. The lowest BCUT2D eigenvalue weighted by atomic mass is 10.2. The van der Waals surface area contributed by atoms with Gasteiger partial charge in [0.2, 0.25) is 0 Å². The molecule has 0 N–H and O–H groups in total. The third-order valence-corrected chi connectivity index (χ3v) is 5.61. The fourth-order valence-electron chi connectivity index (χ4n) is 3.35. The molecule has 0 atom stereocenters. The van der Waals surface area contributed by atoms with Crippen LogP contribution < -0.4 is 10.5 Å². The number of fused-ring (bicyclic) bond motifs is 1. The van der Waals surface area contributed by atoms with Gasteiger partial charge in [0, 0.05) is 30.7 Å². The molecule has 0 unspecified atom stereocenters. The molecule has 1 heterocycles. The average Bonchev–Trinajstić information content (AvgIpc) is 2.81. The van der Waals surface area contributed by atoms with E-state index in [1.165, 1.54) is 9.47 Å². The molecule has 0 saturated carbocycles. The summed E-state index contributed by atoms with van der Waals surface area (Å²) in [7, 11) is 1.60. The summed E-state index contributed by atoms with van der Waals surface area (Å²) >= 11 is 6.06. The van der Waals surface area contributed by atoms with Crippen LogP contribution in [0.15, 0.2) is 47.3 Å². The van der Waals surface area contributed by atoms with Crippen LogP contribution >= 0.6 is 11.6 Å². The highest BCUT2D eigenvalue weighted by Gasteiger charge is 2.19. The number of nitrogens with zero attached hydrogens (tertiary/aromatic N) is 4. The Morgan fingerprint density at radius 1 is 1.24 bits per heavy atom. The van der Waals surface area contributed by atoms with Gasteiger partial charge in [0.15, 0.2) is 6.61 Å². The van der Waals surface area contributed by atoms with Gasteiger partial charge in [-0.2, -0.15) is 5.26 Å². The highest BCUT2D eigenvalue weighted by atomic mass is 35.5. The van der Waals surface area contributed by atoms with E-state index >= 15 is 0 Å². The van der Waals surface area contributed by atoms with Gasteiger partial charge in [-0.25, -0.2) is 4.98 Å². The number of para-hydroxylation sites is 1. The maximum atomic E-state index is 12.7. The van der Waals surface area contributed by atoms with Crippen molar-refractivity contribution in [1.29, 1.82) is 5.26 Å². The Morgan fingerprint density at radius 3 is 2.73 bits per heavy atom. The Hall–Kier alpha value is -3.70. The van der Waals surface area contributed by atoms with Crippen LogP contribution in [0, 0.1) is 18.3 Å². The smallest absolute Gasteiger partial charge is 0.306 e. The molecule has 0 bridgehead atoms. The van der Waals surface area contributed by atoms with Crippen LogP contribution in [0.4, 0.5) is 5.69 Å². The van der Waals surface area contributed by atoms with Gasteiger partial charge in [0.05, 0.1) is 29.8 Å². The van der Waals surface area contributed by atoms with Crippen LogP contribution in [0.1, 0.15) is 24.2 Å². The number of aryl methyl sites for hydroxylation is 2. The number of nitriles is 1. The Kier molecular flexibility index (Phi) is 7.80. The molecule has 8 nitrogen and oxygen atoms in total. The first kappa shape index (κ1) is 24.0. The summed E-state index contributed by atoms with van der Waals surface area (Å²) in [5.74, 6) is -0.580. The third-order valence-electron chi connectivity index (χ3n) is 5.19. The van der Waals surface area contributed by atoms with Crippen molar-refractivity contribution in [2.45, 2.75) is 26.2 Å². The highest BCUT2D eigenvalue weighted by Crippen LogP contribution is 2.23. The van der Waals surface area contributed by atoms with Crippen molar-refractivity contribution < 1.29 is 14.3 Å². The zero-order chi connectivity index (χ0) is 24.0. The van der Waals surface area contributed by atoms with E-state index in [4.69, 9.17) is 21.6 Å². The van der Waals surface area contributed by atoms with E-state index in [1.54, 1.807) is 49.5 Å². The Bertz CT molecular complexity index is 1300. The number of amides is 1. The number of carbonyl (C=O) groups excluding carboxylic acids is 2. The molecule has 9 heteroatoms. The summed E-state index contributed by atoms with van der Waals surface area (Å²) in [5, 5.41) is 9.99. The lowest BCUT2D eigenvalue weighted by Gasteiger charge is -2.22. The van der Waals surface area contributed by atoms with Crippen molar-refractivity contribution in [2.75, 3.05) is 18.1 Å². The van der Waals surface area contributed by atoms with Crippen molar-refractivity contribution >= 4 is 40.1 Å². The molecular formula is C24H23ClN4O4. The summed E-state index contributed by atoms with van der Waals surface area (Å²) in [4.78, 5) is 43.3. The summed E-state index contributed by atoms with van der Waals surface area (Å²) in [6.45, 7) is 1.51. The molecule has 33 heavy (non-hydrogen) atoms. The molecule has 1 aromatic heterocycles. The minimum Gasteiger partial charge on any atom is -0.456 e. The Balaban J connectivity index is 1.63. The topological polar surface area (TPSA) is 105 Å². The van der Waals surface area contributed by atoms with E-state index in [1.807, 2.05) is 13.0 Å². The van der Waals surface area contributed by atoms with Gasteiger partial charge < -0.3 is 9.64 Å². The van der Waals surface area contributed by atoms with Crippen molar-refractivity contribution in [3.8, 4) is 6.07 Å². The van der Waals surface area contributed by atoms with Gasteiger partial charge in [-0.05, 0) is 42.8 Å². The molecule has 3 rings (SSSR count). The first-order valence-corrected chi connectivity index (χ1v) is 10.7. The highest BCUT2D eigenvalue weighted by molar-refractivity contribution is 6.31. The van der Waals surface area contributed by atoms with Crippen LogP contribution in [-0.2, 0) is 27.8 Å². The van der Waals surface area contributed by atoms with Gasteiger partial charge in [-0.15, -0.1) is 0 Å². The van der Waals surface area contributed by atoms with Crippen molar-refractivity contribution in [1.82, 2.24) is 9.55 Å². The maximum Gasteiger partial charge on any atom is 0.306 e. The fraction of sp³-hybridized carbons (Fsp3) is 0.292. The number of halogens is 1. The molecule has 1 amide bonds. The lowest BCUT2D eigenvalue weighted by molar-refractivity contribution is -0.147. The first-order chi connectivity index (χ1) is 15.8. The van der Waals surface area contributed by atoms with Crippen molar-refractivity contribution in [2.24, 2.45) is 7.05 Å². The second-order valence-electron chi connectivity index (χ2n) is 7.46. The van der Waals surface area contributed by atoms with Crippen LogP contribution in [-0.4, -0.2) is 34.6 Å². The van der Waals surface area contributed by atoms with E-state index in [0.29, 0.717) is 27.4 Å². The molecule has 0 saturated heterocycles. The minimum atomic E-state index is -0.585. The van der Waals surface area contributed by atoms with Gasteiger partial charge in [0.25, 0.3) is 11.5 Å². The van der Waals surface area contributed by atoms with E-state index < -0.39 is 18.5 Å². The summed E-state index contributed by atoms with van der Waals surface area (Å²) in [6.07, 6.45) is 0.283. The number of hydrogen-bond acceptors (Lipinski definition) is 6. The third kappa shape index (κ3) is 5.76. The molecule has 0 aliphatic rings. The first-order valence-electron chi connectivity index (χ1n) is 10.4. The Morgan fingerprint density at radius 2 is 2.00 bits per heavy atom. The number of benzene rings is 2. The number of aromatic nitrogens is 2. The zero-order valence-corrected chi connectivity index (χ0v) is 19.1. The van der Waals surface area contributed by atoms with Crippen molar-refractivity contribution in [3.05, 3.63) is 69.2 Å². The average molecular weight is 467 g/mol. The van der Waals surface area contributed by atoms with Gasteiger partial charge in [-0.1, -0.05) is 23.7 Å². The molecule has 0 spiro atoms. The molecule has 0 radical (unpaired) electrons. The molecule has 3 aromatic rings. The molecule has 0 aliphatic heterocycles. The largest absolute Gasteiger partial charge is 0.456 e. The van der Waals surface area contributed by atoms with Crippen LogP contribution in [0.5, 0.6) is 0 Å². The summed E-state index contributed by atoms with van der Waals surface area (Å²) in [6, 6.07) is 14.1. The minimum absolute atomic E-state index is 0.0376. The van der Waals surface area contributed by atoms with Crippen molar-refractivity contribution in [3.63, 3.8) is 0 Å². The van der Waals surface area contributed by atoms with Crippen LogP contribution in [0.2, 0.25) is 5.02 Å². The monoisotopic (exact) mass is 466 g/mol. The predicted molar refractivity (Wildman–Crippen MR) is 125 cm³/mol. The van der Waals surface area contributed by atoms with E-state index in [0.717, 1.165) is 5.56 Å². The number of carbonyl (C=O) groups is 2. The number of hydrogen-bond donors (Lipinski definition) is 0. The summed E-state index contributed by atoms with van der Waals surface area (Å²) in [5.41, 5.74) is 1.73. The second kappa shape index (κ2) is 10.7. The predicted octanol–water partition coefficient (Wildman–Crippen LogP) is 3.32. The number of anilines is 1. The second-order valence-corrected chi connectivity index (χ2v) is 7.86. The van der Waals surface area contributed by atoms with E-state index in [2.05, 4.69) is 4.98 Å². The fourth-order valence-corrected chi connectivity index (χ4v) is 3.47. The number of esters is 1. The molecule has 0 fully saturated rings. The number of ether oxygens (including phenoxy) is 1. The normalized spacial score (nSPS) is 10.6. The molecular weight excluding hydrogens is 444 g/mol. The SMILES string of the molecule is Cc1cc(N(CCC#N)C(=O)COC(=O)CCc2nc3ccccc3c(=O)n2C)ccc1Cl. The lowest BCUT2D eigenvalue weighted by Crippen LogP contribution is -2.35. The van der Waals surface area contributed by atoms with E-state index in [-0.39, 0.29) is 31.4 Å². The van der Waals surface area contributed by atoms with Gasteiger partial charge in [-0.3, -0.25) is 19.0 Å². The molecule has 0 aliphatic carbocycles. The van der Waals surface area contributed by atoms with Crippen LogP contribution in [0.3, 0.4) is 0 Å². The standard InChI is InChI=1S/C24H23ClN4O4/c1-16-14-17(8-9-19(16)25)29(13-5-12-26)22(30)15-33-23(31)11-10-21-27-20-7-4-3-6-18(20)24(32)28(21)2/h3-4,6-9,14H,5,10-11,13,15H2,1-2H3. The number of rotatable bonds is 8.